The van der Waals surface area contributed by atoms with E-state index in [0.29, 0.717) is 31.2 Å². The highest BCUT2D eigenvalue weighted by atomic mass is 17.2. The molecule has 3 atom stereocenters. The molecule has 0 fully saturated rings. The molecule has 5 N–H and O–H groups in total. The van der Waals surface area contributed by atoms with E-state index in [4.69, 9.17) is 9.47 Å². The van der Waals surface area contributed by atoms with E-state index in [9.17, 15) is 33.6 Å². The molecule has 50 heavy (non-hydrogen) atoms. The van der Waals surface area contributed by atoms with Crippen molar-refractivity contribution >= 4 is 41.8 Å². The van der Waals surface area contributed by atoms with Crippen molar-refractivity contribution in [1.29, 1.82) is 0 Å². The van der Waals surface area contributed by atoms with E-state index >= 15 is 0 Å². The first kappa shape index (κ1) is 43.1. The van der Waals surface area contributed by atoms with Gasteiger partial charge in [-0.3, -0.25) is 29.0 Å². The van der Waals surface area contributed by atoms with Crippen LogP contribution in [0.4, 0.5) is 9.59 Å². The van der Waals surface area contributed by atoms with Gasteiger partial charge in [0, 0.05) is 19.4 Å². The zero-order valence-corrected chi connectivity index (χ0v) is 28.9. The van der Waals surface area contributed by atoms with Crippen molar-refractivity contribution in [3.05, 3.63) is 35.9 Å². The number of benzene rings is 1. The van der Waals surface area contributed by atoms with Crippen LogP contribution in [0, 0.1) is 0 Å². The van der Waals surface area contributed by atoms with Crippen LogP contribution in [0.3, 0.4) is 0 Å². The number of nitrogens with one attached hydrogen (secondary N) is 5. The van der Waals surface area contributed by atoms with E-state index in [1.807, 2.05) is 6.92 Å². The monoisotopic (exact) mass is 711 g/mol. The molecule has 0 bridgehead atoms. The summed E-state index contributed by atoms with van der Waals surface area (Å²) in [5.41, 5.74) is 0.684. The number of unbranched alkanes of at least 4 members (excludes halogenated alkanes) is 1. The van der Waals surface area contributed by atoms with E-state index in [0.717, 1.165) is 7.11 Å². The molecular formula is C32H49N5O13. The molecule has 1 rings (SSSR count). The normalized spacial score (nSPS) is 12.2. The molecular weight excluding hydrogens is 662 g/mol. The fourth-order valence-corrected chi connectivity index (χ4v) is 4.25. The van der Waals surface area contributed by atoms with Gasteiger partial charge >= 0.3 is 24.1 Å². The van der Waals surface area contributed by atoms with Crippen LogP contribution >= 0.6 is 0 Å². The van der Waals surface area contributed by atoms with Gasteiger partial charge in [-0.1, -0.05) is 44.2 Å². The maximum absolute atomic E-state index is 13.4. The lowest BCUT2D eigenvalue weighted by atomic mass is 10.0. The van der Waals surface area contributed by atoms with Gasteiger partial charge in [-0.05, 0) is 44.1 Å². The molecule has 0 spiro atoms. The molecule has 0 aliphatic heterocycles. The quantitative estimate of drug-likeness (QED) is 0.0438. The topological polar surface area (TPSA) is 235 Å². The number of esters is 2. The number of hydrogen-bond donors (Lipinski definition) is 5. The number of hydrogen-bond acceptors (Lipinski definition) is 13. The van der Waals surface area contributed by atoms with Gasteiger partial charge in [-0.15, -0.1) is 0 Å². The van der Waals surface area contributed by atoms with Crippen LogP contribution < -0.4 is 26.6 Å². The molecule has 0 heterocycles. The lowest BCUT2D eigenvalue weighted by molar-refractivity contribution is -0.213. The summed E-state index contributed by atoms with van der Waals surface area (Å²) in [6, 6.07) is 5.20. The van der Waals surface area contributed by atoms with E-state index in [-0.39, 0.29) is 45.4 Å². The van der Waals surface area contributed by atoms with E-state index in [2.05, 4.69) is 46.1 Å². The molecule has 0 saturated carbocycles. The standard InChI is InChI=1S/C32H49N5O13/c1-5-18-47-27(39)16-15-24(30(42)48-19-6-2)35-26(38)21-34-28(40)25(20-22-12-8-7-9-13-22)36-29(41)23(37-32(44)50-46-4)14-10-11-17-33-31(43)49-45-3/h7-9,12-13,23-25H,5-6,10-11,14-21H2,1-4H3,(H,33,43)(H,34,40)(H,35,38)(H,36,41)(H,37,44). The number of carbonyl (C=O) groups is 7. The zero-order valence-electron chi connectivity index (χ0n) is 28.9. The van der Waals surface area contributed by atoms with Crippen molar-refractivity contribution in [1.82, 2.24) is 26.6 Å². The Morgan fingerprint density at radius 2 is 1.34 bits per heavy atom. The maximum atomic E-state index is 13.4. The molecule has 0 aliphatic rings. The second-order valence-corrected chi connectivity index (χ2v) is 10.7. The maximum Gasteiger partial charge on any atom is 0.439 e. The first-order chi connectivity index (χ1) is 24.0. The molecule has 1 aromatic carbocycles. The third kappa shape index (κ3) is 19.1. The van der Waals surface area contributed by atoms with E-state index in [1.165, 1.54) is 7.11 Å². The predicted octanol–water partition coefficient (Wildman–Crippen LogP) is 1.12. The molecule has 0 aliphatic carbocycles. The minimum Gasteiger partial charge on any atom is -0.466 e. The van der Waals surface area contributed by atoms with Gasteiger partial charge < -0.3 is 36.1 Å². The average Bonchev–Trinajstić information content (AvgIpc) is 3.09. The summed E-state index contributed by atoms with van der Waals surface area (Å²) < 4.78 is 10.2. The van der Waals surface area contributed by atoms with Gasteiger partial charge in [0.15, 0.2) is 0 Å². The van der Waals surface area contributed by atoms with Crippen molar-refractivity contribution in [3.8, 4) is 0 Å². The summed E-state index contributed by atoms with van der Waals surface area (Å²) in [5, 5.41) is 12.4. The smallest absolute Gasteiger partial charge is 0.439 e. The molecule has 0 saturated heterocycles. The summed E-state index contributed by atoms with van der Waals surface area (Å²) >= 11 is 0. The fraction of sp³-hybridized carbons (Fsp3) is 0.594. The van der Waals surface area contributed by atoms with Gasteiger partial charge in [-0.2, -0.15) is 9.78 Å². The molecule has 280 valence electrons. The Kier molecular flexibility index (Phi) is 22.4. The molecule has 1 aromatic rings. The molecule has 18 nitrogen and oxygen atoms in total. The van der Waals surface area contributed by atoms with E-state index < -0.39 is 66.5 Å². The van der Waals surface area contributed by atoms with Gasteiger partial charge in [0.2, 0.25) is 17.7 Å². The lowest BCUT2D eigenvalue weighted by Crippen LogP contribution is -2.55. The Morgan fingerprint density at radius 3 is 2.00 bits per heavy atom. The minimum atomic E-state index is -1.20. The van der Waals surface area contributed by atoms with Crippen molar-refractivity contribution in [2.45, 2.75) is 83.3 Å². The SMILES string of the molecule is CCCOC(=O)CCC(NC(=O)CNC(=O)C(Cc1ccccc1)NC(=O)C(CCCCNC(=O)OOC)NC(=O)OOC)C(=O)OCCC. The Balaban J connectivity index is 2.98. The van der Waals surface area contributed by atoms with Crippen LogP contribution in [-0.4, -0.2) is 100 Å². The highest BCUT2D eigenvalue weighted by Gasteiger charge is 2.29. The third-order valence-electron chi connectivity index (χ3n) is 6.63. The third-order valence-corrected chi connectivity index (χ3v) is 6.63. The summed E-state index contributed by atoms with van der Waals surface area (Å²) in [7, 11) is 2.28. The molecule has 18 heteroatoms. The number of amides is 5. The molecule has 3 unspecified atom stereocenters. The summed E-state index contributed by atoms with van der Waals surface area (Å²) in [5.74, 6) is -3.48. The van der Waals surface area contributed by atoms with Crippen molar-refractivity contribution in [3.63, 3.8) is 0 Å². The van der Waals surface area contributed by atoms with Crippen molar-refractivity contribution in [2.24, 2.45) is 0 Å². The largest absolute Gasteiger partial charge is 0.466 e. The molecule has 0 aromatic heterocycles. The van der Waals surface area contributed by atoms with Gasteiger partial charge in [-0.25, -0.2) is 14.4 Å². The van der Waals surface area contributed by atoms with Crippen LogP contribution in [0.15, 0.2) is 30.3 Å². The van der Waals surface area contributed by atoms with Crippen LogP contribution in [0.2, 0.25) is 0 Å². The Bertz CT molecular complexity index is 1220. The highest BCUT2D eigenvalue weighted by Crippen LogP contribution is 2.08. The summed E-state index contributed by atoms with van der Waals surface area (Å²) in [6.45, 7) is 3.58. The second kappa shape index (κ2) is 26.0. The zero-order chi connectivity index (χ0) is 37.1. The summed E-state index contributed by atoms with van der Waals surface area (Å²) in [6.07, 6.45) is -0.0824. The summed E-state index contributed by atoms with van der Waals surface area (Å²) in [4.78, 5) is 105. The lowest BCUT2D eigenvalue weighted by Gasteiger charge is -2.23. The van der Waals surface area contributed by atoms with Crippen LogP contribution in [0.1, 0.15) is 64.4 Å². The Labute approximate surface area is 290 Å². The number of ether oxygens (including phenoxy) is 2. The first-order valence-corrected chi connectivity index (χ1v) is 16.3. The van der Waals surface area contributed by atoms with Crippen LogP contribution in [0.5, 0.6) is 0 Å². The van der Waals surface area contributed by atoms with Gasteiger partial charge in [0.25, 0.3) is 0 Å². The number of carbonyl (C=O) groups excluding carboxylic acids is 7. The average molecular weight is 712 g/mol. The first-order valence-electron chi connectivity index (χ1n) is 16.3. The van der Waals surface area contributed by atoms with Crippen molar-refractivity contribution in [2.75, 3.05) is 40.5 Å². The Hall–Kier alpha value is -4.97. The second-order valence-electron chi connectivity index (χ2n) is 10.7. The van der Waals surface area contributed by atoms with Crippen LogP contribution in [0.25, 0.3) is 0 Å². The predicted molar refractivity (Wildman–Crippen MR) is 175 cm³/mol. The highest BCUT2D eigenvalue weighted by molar-refractivity contribution is 5.93. The van der Waals surface area contributed by atoms with Crippen LogP contribution in [-0.2, 0) is 59.4 Å². The van der Waals surface area contributed by atoms with Gasteiger partial charge in [0.1, 0.15) is 18.1 Å². The molecule has 5 amide bonds. The Morgan fingerprint density at radius 1 is 0.680 bits per heavy atom. The minimum absolute atomic E-state index is 0.0205. The van der Waals surface area contributed by atoms with Gasteiger partial charge in [0.05, 0.1) is 34.0 Å². The number of rotatable bonds is 24. The van der Waals surface area contributed by atoms with E-state index in [1.54, 1.807) is 37.3 Å². The van der Waals surface area contributed by atoms with Crippen molar-refractivity contribution < 1.29 is 62.6 Å². The fourth-order valence-electron chi connectivity index (χ4n) is 4.25. The molecule has 0 radical (unpaired) electrons.